The first kappa shape index (κ1) is 23.2. The van der Waals surface area contributed by atoms with Gasteiger partial charge in [-0.2, -0.15) is 0 Å². The van der Waals surface area contributed by atoms with E-state index in [4.69, 9.17) is 0 Å². The van der Waals surface area contributed by atoms with Gasteiger partial charge in [0.1, 0.15) is 4.90 Å². The number of hydrogen-bond donors (Lipinski definition) is 1. The molecule has 3 aromatic carbocycles. The highest BCUT2D eigenvalue weighted by Gasteiger charge is 2.21. The van der Waals surface area contributed by atoms with Crippen LogP contribution < -0.4 is 4.72 Å². The molecule has 0 amide bonds. The molecular formula is C26H23N5O2S2. The van der Waals surface area contributed by atoms with Gasteiger partial charge in [-0.05, 0) is 36.8 Å². The minimum absolute atomic E-state index is 0.0155. The van der Waals surface area contributed by atoms with Gasteiger partial charge in [0.25, 0.3) is 0 Å². The van der Waals surface area contributed by atoms with Crippen molar-refractivity contribution in [3.8, 4) is 5.69 Å². The Hall–Kier alpha value is -3.53. The van der Waals surface area contributed by atoms with E-state index in [1.807, 2.05) is 66.1 Å². The molecule has 0 aliphatic heterocycles. The minimum atomic E-state index is -3.84. The van der Waals surface area contributed by atoms with Crippen molar-refractivity contribution in [2.75, 3.05) is 0 Å². The monoisotopic (exact) mass is 501 g/mol. The predicted molar refractivity (Wildman–Crippen MR) is 138 cm³/mol. The van der Waals surface area contributed by atoms with E-state index < -0.39 is 10.0 Å². The molecule has 1 N–H and O–H groups in total. The molecule has 0 radical (unpaired) electrons. The summed E-state index contributed by atoms with van der Waals surface area (Å²) in [7, 11) is -3.84. The van der Waals surface area contributed by atoms with Crippen LogP contribution in [0.15, 0.2) is 101 Å². The van der Waals surface area contributed by atoms with Crippen molar-refractivity contribution in [3.63, 3.8) is 0 Å². The summed E-state index contributed by atoms with van der Waals surface area (Å²) < 4.78 is 31.0. The van der Waals surface area contributed by atoms with Crippen LogP contribution >= 0.6 is 11.8 Å². The number of aryl methyl sites for hydroxylation is 1. The van der Waals surface area contributed by atoms with Crippen molar-refractivity contribution in [3.05, 3.63) is 108 Å². The van der Waals surface area contributed by atoms with Crippen molar-refractivity contribution in [1.82, 2.24) is 24.5 Å². The molecule has 5 aromatic rings. The van der Waals surface area contributed by atoms with Crippen molar-refractivity contribution in [2.45, 2.75) is 29.3 Å². The lowest BCUT2D eigenvalue weighted by molar-refractivity contribution is 0.579. The average molecular weight is 502 g/mol. The lowest BCUT2D eigenvalue weighted by Crippen LogP contribution is -2.25. The largest absolute Gasteiger partial charge is 0.273 e. The minimum Gasteiger partial charge on any atom is -0.273 e. The highest BCUT2D eigenvalue weighted by Crippen LogP contribution is 2.26. The zero-order valence-corrected chi connectivity index (χ0v) is 20.6. The van der Waals surface area contributed by atoms with Gasteiger partial charge < -0.3 is 0 Å². The number of pyridine rings is 1. The van der Waals surface area contributed by atoms with Crippen molar-refractivity contribution < 1.29 is 8.42 Å². The molecule has 9 heteroatoms. The first-order valence-corrected chi connectivity index (χ1v) is 13.5. The van der Waals surface area contributed by atoms with E-state index in [9.17, 15) is 8.42 Å². The molecular weight excluding hydrogens is 478 g/mol. The fourth-order valence-electron chi connectivity index (χ4n) is 3.71. The average Bonchev–Trinajstić information content (AvgIpc) is 3.30. The molecule has 0 atom stereocenters. The van der Waals surface area contributed by atoms with Gasteiger partial charge in [0.2, 0.25) is 10.0 Å². The van der Waals surface area contributed by atoms with Crippen LogP contribution in [0.1, 0.15) is 17.0 Å². The second-order valence-electron chi connectivity index (χ2n) is 8.00. The van der Waals surface area contributed by atoms with Gasteiger partial charge in [-0.3, -0.25) is 9.55 Å². The third kappa shape index (κ3) is 5.12. The van der Waals surface area contributed by atoms with Gasteiger partial charge in [-0.1, -0.05) is 78.0 Å². The standard InChI is InChI=1S/C26H23N5O2S2/c1-19-12-14-22(15-13-19)31-24(29-30-26(31)34-18-20-7-3-2-4-8-20)17-28-35(32,33)23-11-5-9-21-10-6-16-27-25(21)23/h2-16,28H,17-18H2,1H3. The number of para-hydroxylation sites is 1. The Morgan fingerprint density at radius 2 is 1.66 bits per heavy atom. The van der Waals surface area contributed by atoms with Gasteiger partial charge in [0, 0.05) is 23.0 Å². The Morgan fingerprint density at radius 3 is 2.46 bits per heavy atom. The summed E-state index contributed by atoms with van der Waals surface area (Å²) in [5.74, 6) is 1.22. The smallest absolute Gasteiger partial charge is 0.243 e. The van der Waals surface area contributed by atoms with Crippen LogP contribution in [0.4, 0.5) is 0 Å². The van der Waals surface area contributed by atoms with Crippen molar-refractivity contribution >= 4 is 32.7 Å². The van der Waals surface area contributed by atoms with Gasteiger partial charge >= 0.3 is 0 Å². The van der Waals surface area contributed by atoms with Crippen LogP contribution in [0.25, 0.3) is 16.6 Å². The first-order valence-electron chi connectivity index (χ1n) is 11.0. The van der Waals surface area contributed by atoms with Crippen molar-refractivity contribution in [1.29, 1.82) is 0 Å². The van der Waals surface area contributed by atoms with E-state index in [0.717, 1.165) is 22.4 Å². The number of hydrogen-bond acceptors (Lipinski definition) is 6. The maximum atomic E-state index is 13.2. The molecule has 5 rings (SSSR count). The van der Waals surface area contributed by atoms with Crippen molar-refractivity contribution in [2.24, 2.45) is 0 Å². The first-order chi connectivity index (χ1) is 17.0. The number of sulfonamides is 1. The van der Waals surface area contributed by atoms with Gasteiger partial charge in [-0.25, -0.2) is 13.1 Å². The SMILES string of the molecule is Cc1ccc(-n2c(CNS(=O)(=O)c3cccc4cccnc34)nnc2SCc2ccccc2)cc1. The zero-order chi connectivity index (χ0) is 24.3. The Morgan fingerprint density at radius 1 is 0.886 bits per heavy atom. The molecule has 2 aromatic heterocycles. The predicted octanol–water partition coefficient (Wildman–Crippen LogP) is 4.89. The topological polar surface area (TPSA) is 89.8 Å². The number of fused-ring (bicyclic) bond motifs is 1. The van der Waals surface area contributed by atoms with Crippen LogP contribution in [-0.2, 0) is 22.3 Å². The van der Waals surface area contributed by atoms with E-state index in [1.165, 1.54) is 5.56 Å². The maximum absolute atomic E-state index is 13.2. The van der Waals surface area contributed by atoms with E-state index in [0.29, 0.717) is 16.5 Å². The van der Waals surface area contributed by atoms with E-state index in [2.05, 4.69) is 32.0 Å². The number of thioether (sulfide) groups is 1. The molecule has 2 heterocycles. The molecule has 0 spiro atoms. The number of benzene rings is 3. The zero-order valence-electron chi connectivity index (χ0n) is 19.0. The molecule has 0 fully saturated rings. The Balaban J connectivity index is 1.45. The number of nitrogens with zero attached hydrogens (tertiary/aromatic N) is 4. The highest BCUT2D eigenvalue weighted by molar-refractivity contribution is 7.98. The number of rotatable bonds is 8. The van der Waals surface area contributed by atoms with Crippen LogP contribution in [-0.4, -0.2) is 28.2 Å². The summed E-state index contributed by atoms with van der Waals surface area (Å²) in [6.07, 6.45) is 1.59. The molecule has 176 valence electrons. The second kappa shape index (κ2) is 9.99. The molecule has 0 aliphatic carbocycles. The summed E-state index contributed by atoms with van der Waals surface area (Å²) in [5.41, 5.74) is 3.60. The van der Waals surface area contributed by atoms with E-state index in [1.54, 1.807) is 36.2 Å². The maximum Gasteiger partial charge on any atom is 0.243 e. The highest BCUT2D eigenvalue weighted by atomic mass is 32.2. The number of nitrogens with one attached hydrogen (secondary N) is 1. The Labute approximate surface area is 208 Å². The van der Waals surface area contributed by atoms with Crippen LogP contribution in [0.2, 0.25) is 0 Å². The van der Waals surface area contributed by atoms with Crippen LogP contribution in [0.5, 0.6) is 0 Å². The second-order valence-corrected chi connectivity index (χ2v) is 10.7. The Bertz CT molecular complexity index is 1560. The quantitative estimate of drug-likeness (QED) is 0.304. The van der Waals surface area contributed by atoms with Crippen LogP contribution in [0.3, 0.4) is 0 Å². The summed E-state index contributed by atoms with van der Waals surface area (Å²) >= 11 is 1.55. The fourth-order valence-corrected chi connectivity index (χ4v) is 5.80. The van der Waals surface area contributed by atoms with Gasteiger partial charge in [-0.15, -0.1) is 10.2 Å². The van der Waals surface area contributed by atoms with Crippen LogP contribution in [0, 0.1) is 6.92 Å². The fraction of sp³-hybridized carbons (Fsp3) is 0.115. The lowest BCUT2D eigenvalue weighted by Gasteiger charge is -2.12. The Kier molecular flexibility index (Phi) is 6.63. The lowest BCUT2D eigenvalue weighted by atomic mass is 10.2. The summed E-state index contributed by atoms with van der Waals surface area (Å²) in [6.45, 7) is 2.01. The molecule has 0 saturated heterocycles. The number of aromatic nitrogens is 4. The van der Waals surface area contributed by atoms with Gasteiger partial charge in [0.15, 0.2) is 11.0 Å². The normalized spacial score (nSPS) is 11.7. The molecule has 0 aliphatic rings. The summed E-state index contributed by atoms with van der Waals surface area (Å²) in [6, 6.07) is 26.8. The van der Waals surface area contributed by atoms with E-state index >= 15 is 0 Å². The molecule has 7 nitrogen and oxygen atoms in total. The molecule has 0 saturated carbocycles. The molecule has 0 unspecified atom stereocenters. The third-order valence-electron chi connectivity index (χ3n) is 5.51. The summed E-state index contributed by atoms with van der Waals surface area (Å²) in [4.78, 5) is 4.41. The summed E-state index contributed by atoms with van der Waals surface area (Å²) in [5, 5.41) is 10.2. The third-order valence-corrected chi connectivity index (χ3v) is 7.94. The van der Waals surface area contributed by atoms with Gasteiger partial charge in [0.05, 0.1) is 12.1 Å². The molecule has 35 heavy (non-hydrogen) atoms. The molecule has 0 bridgehead atoms. The van der Waals surface area contributed by atoms with E-state index in [-0.39, 0.29) is 11.4 Å².